The quantitative estimate of drug-likeness (QED) is 0.801. The van der Waals surface area contributed by atoms with Gasteiger partial charge in [-0.25, -0.2) is 9.97 Å². The SMILES string of the molecule is CC1=C(C)C[C@@H](C(=O)N2CCC(c3ccc(-c4cnc(N)nc4)cn3)CC2)CC1. The number of pyridine rings is 1. The lowest BCUT2D eigenvalue weighted by molar-refractivity contribution is -0.137. The number of carbonyl (C=O) groups is 1. The Bertz CT molecular complexity index is 896. The Balaban J connectivity index is 1.35. The van der Waals surface area contributed by atoms with Crippen LogP contribution in [0.2, 0.25) is 0 Å². The molecular weight excluding hydrogens is 362 g/mol. The van der Waals surface area contributed by atoms with E-state index in [4.69, 9.17) is 5.73 Å². The van der Waals surface area contributed by atoms with Crippen molar-refractivity contribution < 1.29 is 4.79 Å². The topological polar surface area (TPSA) is 85.0 Å². The monoisotopic (exact) mass is 391 g/mol. The van der Waals surface area contributed by atoms with Crippen molar-refractivity contribution in [1.29, 1.82) is 0 Å². The van der Waals surface area contributed by atoms with Crippen LogP contribution in [0, 0.1) is 5.92 Å². The number of nitrogens with two attached hydrogens (primary N) is 1. The molecule has 0 saturated carbocycles. The summed E-state index contributed by atoms with van der Waals surface area (Å²) in [6, 6.07) is 4.15. The van der Waals surface area contributed by atoms with Crippen molar-refractivity contribution >= 4 is 11.9 Å². The van der Waals surface area contributed by atoms with Crippen LogP contribution >= 0.6 is 0 Å². The zero-order valence-corrected chi connectivity index (χ0v) is 17.3. The second-order valence-corrected chi connectivity index (χ2v) is 8.40. The Labute approximate surface area is 172 Å². The van der Waals surface area contributed by atoms with Crippen molar-refractivity contribution in [3.63, 3.8) is 0 Å². The lowest BCUT2D eigenvalue weighted by Crippen LogP contribution is -2.42. The number of piperidine rings is 1. The Morgan fingerprint density at radius 3 is 2.28 bits per heavy atom. The first-order valence-electron chi connectivity index (χ1n) is 10.5. The molecule has 1 aliphatic heterocycles. The molecule has 1 fully saturated rings. The molecule has 29 heavy (non-hydrogen) atoms. The predicted molar refractivity (Wildman–Crippen MR) is 114 cm³/mol. The van der Waals surface area contributed by atoms with Crippen LogP contribution in [-0.4, -0.2) is 38.8 Å². The third-order valence-corrected chi connectivity index (χ3v) is 6.51. The molecule has 6 nitrogen and oxygen atoms in total. The van der Waals surface area contributed by atoms with Crippen LogP contribution in [0.4, 0.5) is 5.95 Å². The normalized spacial score (nSPS) is 20.8. The van der Waals surface area contributed by atoms with Crippen molar-refractivity contribution in [2.24, 2.45) is 5.92 Å². The molecular formula is C23H29N5O. The van der Waals surface area contributed by atoms with Crippen LogP contribution in [-0.2, 0) is 4.79 Å². The van der Waals surface area contributed by atoms with Gasteiger partial charge in [0.2, 0.25) is 11.9 Å². The Morgan fingerprint density at radius 1 is 0.966 bits per heavy atom. The Morgan fingerprint density at radius 2 is 1.66 bits per heavy atom. The average molecular weight is 392 g/mol. The minimum atomic E-state index is 0.176. The van der Waals surface area contributed by atoms with Gasteiger partial charge in [-0.1, -0.05) is 17.2 Å². The minimum Gasteiger partial charge on any atom is -0.368 e. The first kappa shape index (κ1) is 19.6. The van der Waals surface area contributed by atoms with Crippen LogP contribution in [0.15, 0.2) is 41.9 Å². The maximum absolute atomic E-state index is 12.9. The van der Waals surface area contributed by atoms with Crippen LogP contribution in [0.25, 0.3) is 11.1 Å². The van der Waals surface area contributed by atoms with E-state index >= 15 is 0 Å². The van der Waals surface area contributed by atoms with E-state index in [-0.39, 0.29) is 11.9 Å². The molecule has 1 saturated heterocycles. The molecule has 2 N–H and O–H groups in total. The van der Waals surface area contributed by atoms with Gasteiger partial charge in [-0.2, -0.15) is 0 Å². The van der Waals surface area contributed by atoms with Gasteiger partial charge in [0.1, 0.15) is 0 Å². The summed E-state index contributed by atoms with van der Waals surface area (Å²) in [5.74, 6) is 1.21. The number of hydrogen-bond acceptors (Lipinski definition) is 5. The van der Waals surface area contributed by atoms with Crippen LogP contribution in [0.5, 0.6) is 0 Å². The van der Waals surface area contributed by atoms with Crippen molar-refractivity contribution in [3.05, 3.63) is 47.6 Å². The Hall–Kier alpha value is -2.76. The maximum Gasteiger partial charge on any atom is 0.226 e. The van der Waals surface area contributed by atoms with Crippen molar-refractivity contribution in [1.82, 2.24) is 19.9 Å². The van der Waals surface area contributed by atoms with Crippen molar-refractivity contribution in [3.8, 4) is 11.1 Å². The Kier molecular flexibility index (Phi) is 5.60. The molecule has 2 aromatic rings. The number of nitrogen functional groups attached to an aromatic ring is 1. The first-order valence-corrected chi connectivity index (χ1v) is 10.5. The van der Waals surface area contributed by atoms with Gasteiger partial charge in [0, 0.05) is 60.3 Å². The molecule has 0 aromatic carbocycles. The van der Waals surface area contributed by atoms with Gasteiger partial charge in [-0.15, -0.1) is 0 Å². The fourth-order valence-corrected chi connectivity index (χ4v) is 4.42. The third kappa shape index (κ3) is 4.31. The van der Waals surface area contributed by atoms with E-state index in [0.717, 1.165) is 62.0 Å². The highest BCUT2D eigenvalue weighted by atomic mass is 16.2. The molecule has 6 heteroatoms. The van der Waals surface area contributed by atoms with E-state index in [2.05, 4.69) is 45.8 Å². The zero-order chi connectivity index (χ0) is 20.4. The highest BCUT2D eigenvalue weighted by molar-refractivity contribution is 5.79. The number of amides is 1. The predicted octanol–water partition coefficient (Wildman–Crippen LogP) is 3.96. The molecule has 1 aliphatic carbocycles. The van der Waals surface area contributed by atoms with Crippen LogP contribution in [0.3, 0.4) is 0 Å². The fourth-order valence-electron chi connectivity index (χ4n) is 4.42. The molecule has 0 unspecified atom stereocenters. The van der Waals surface area contributed by atoms with Gasteiger partial charge < -0.3 is 10.6 Å². The van der Waals surface area contributed by atoms with Gasteiger partial charge in [0.15, 0.2) is 0 Å². The minimum absolute atomic E-state index is 0.176. The number of anilines is 1. The molecule has 2 aliphatic rings. The first-order chi connectivity index (χ1) is 14.0. The fraction of sp³-hybridized carbons (Fsp3) is 0.478. The van der Waals surface area contributed by atoms with Crippen molar-refractivity contribution in [2.75, 3.05) is 18.8 Å². The van der Waals surface area contributed by atoms with Gasteiger partial charge in [-0.3, -0.25) is 9.78 Å². The molecule has 0 spiro atoms. The largest absolute Gasteiger partial charge is 0.368 e. The summed E-state index contributed by atoms with van der Waals surface area (Å²) >= 11 is 0. The van der Waals surface area contributed by atoms with E-state index in [0.29, 0.717) is 11.8 Å². The number of aromatic nitrogens is 3. The number of hydrogen-bond donors (Lipinski definition) is 1. The summed E-state index contributed by atoms with van der Waals surface area (Å²) < 4.78 is 0. The lowest BCUT2D eigenvalue weighted by Gasteiger charge is -2.35. The summed E-state index contributed by atoms with van der Waals surface area (Å²) in [5, 5.41) is 0. The van der Waals surface area contributed by atoms with Gasteiger partial charge in [0.25, 0.3) is 0 Å². The summed E-state index contributed by atoms with van der Waals surface area (Å²) in [6.45, 7) is 6.03. The maximum atomic E-state index is 12.9. The number of nitrogens with zero attached hydrogens (tertiary/aromatic N) is 4. The van der Waals surface area contributed by atoms with Crippen LogP contribution in [0.1, 0.15) is 57.6 Å². The highest BCUT2D eigenvalue weighted by Gasteiger charge is 2.30. The second kappa shape index (κ2) is 8.31. The molecule has 152 valence electrons. The molecule has 3 heterocycles. The molecule has 1 atom stereocenters. The second-order valence-electron chi connectivity index (χ2n) is 8.40. The zero-order valence-electron chi connectivity index (χ0n) is 17.3. The van der Waals surface area contributed by atoms with E-state index in [1.807, 2.05) is 6.20 Å². The summed E-state index contributed by atoms with van der Waals surface area (Å²) in [7, 11) is 0. The van der Waals surface area contributed by atoms with Crippen LogP contribution < -0.4 is 5.73 Å². The number of allylic oxidation sites excluding steroid dienone is 2. The van der Waals surface area contributed by atoms with E-state index in [1.165, 1.54) is 11.1 Å². The summed E-state index contributed by atoms with van der Waals surface area (Å²) in [6.07, 6.45) is 10.3. The molecule has 2 aromatic heterocycles. The van der Waals surface area contributed by atoms with Gasteiger partial charge >= 0.3 is 0 Å². The van der Waals surface area contributed by atoms with Gasteiger partial charge in [-0.05, 0) is 52.0 Å². The van der Waals surface area contributed by atoms with Gasteiger partial charge in [0.05, 0.1) is 0 Å². The van der Waals surface area contributed by atoms with E-state index < -0.39 is 0 Å². The van der Waals surface area contributed by atoms with E-state index in [1.54, 1.807) is 12.4 Å². The number of rotatable bonds is 3. The standard InChI is InChI=1S/C23H29N5O/c1-15-3-4-18(11-16(15)2)22(29)28-9-7-17(8-10-28)21-6-5-19(12-25-21)20-13-26-23(24)27-14-20/h5-6,12-14,17-18H,3-4,7-11H2,1-2H3,(H2,24,26,27)/t18-/m0/s1. The average Bonchev–Trinajstić information content (AvgIpc) is 2.76. The highest BCUT2D eigenvalue weighted by Crippen LogP contribution is 2.33. The number of likely N-dealkylation sites (tertiary alicyclic amines) is 1. The summed E-state index contributed by atoms with van der Waals surface area (Å²) in [4.78, 5) is 27.8. The molecule has 1 amide bonds. The number of carbonyl (C=O) groups excluding carboxylic acids is 1. The molecule has 0 radical (unpaired) electrons. The lowest BCUT2D eigenvalue weighted by atomic mass is 9.83. The van der Waals surface area contributed by atoms with Crippen molar-refractivity contribution in [2.45, 2.75) is 51.9 Å². The smallest absolute Gasteiger partial charge is 0.226 e. The molecule has 0 bridgehead atoms. The third-order valence-electron chi connectivity index (χ3n) is 6.51. The van der Waals surface area contributed by atoms with E-state index in [9.17, 15) is 4.79 Å². The molecule has 4 rings (SSSR count). The summed E-state index contributed by atoms with van der Waals surface area (Å²) in [5.41, 5.74) is 11.4.